The van der Waals surface area contributed by atoms with E-state index in [-0.39, 0.29) is 0 Å². The Bertz CT molecular complexity index is 956. The van der Waals surface area contributed by atoms with Gasteiger partial charge >= 0.3 is 0 Å². The Kier molecular flexibility index (Phi) is 4.24. The van der Waals surface area contributed by atoms with E-state index >= 15 is 0 Å². The van der Waals surface area contributed by atoms with Crippen LogP contribution in [0.4, 0.5) is 0 Å². The lowest BCUT2D eigenvalue weighted by atomic mass is 10.1. The van der Waals surface area contributed by atoms with Crippen molar-refractivity contribution in [3.8, 4) is 0 Å². The number of fused-ring (bicyclic) bond motifs is 1. The van der Waals surface area contributed by atoms with E-state index in [0.717, 1.165) is 22.1 Å². The zero-order valence-electron chi connectivity index (χ0n) is 14.3. The summed E-state index contributed by atoms with van der Waals surface area (Å²) in [6.45, 7) is 5.71. The van der Waals surface area contributed by atoms with Crippen LogP contribution in [0.1, 0.15) is 29.9 Å². The van der Waals surface area contributed by atoms with Gasteiger partial charge in [-0.1, -0.05) is 24.3 Å². The highest BCUT2D eigenvalue weighted by molar-refractivity contribution is 7.89. The van der Waals surface area contributed by atoms with Gasteiger partial charge in [-0.3, -0.25) is 0 Å². The van der Waals surface area contributed by atoms with E-state index in [1.165, 1.54) is 4.31 Å². The van der Waals surface area contributed by atoms with Crippen molar-refractivity contribution in [2.45, 2.75) is 31.7 Å². The molecule has 0 aliphatic carbocycles. The summed E-state index contributed by atoms with van der Waals surface area (Å²) < 4.78 is 33.0. The fraction of sp³-hybridized carbons (Fsp3) is 0.263. The minimum atomic E-state index is -3.59. The smallest absolute Gasteiger partial charge is 0.243 e. The van der Waals surface area contributed by atoms with E-state index in [4.69, 9.17) is 4.42 Å². The van der Waals surface area contributed by atoms with Crippen molar-refractivity contribution >= 4 is 21.0 Å². The SMILES string of the molecule is Cc1ccc(S(=O)(=O)N(C)C(C)c2cc3ccccc3o2)cc1C. The maximum atomic E-state index is 12.9. The first-order valence-electron chi connectivity index (χ1n) is 7.84. The van der Waals surface area contributed by atoms with Gasteiger partial charge in [0.15, 0.2) is 0 Å². The quantitative estimate of drug-likeness (QED) is 0.704. The van der Waals surface area contributed by atoms with Crippen LogP contribution in [0.25, 0.3) is 11.0 Å². The van der Waals surface area contributed by atoms with E-state index in [9.17, 15) is 8.42 Å². The fourth-order valence-electron chi connectivity index (χ4n) is 2.64. The molecule has 0 bridgehead atoms. The number of benzene rings is 2. The average molecular weight is 343 g/mol. The number of aryl methyl sites for hydroxylation is 2. The standard InChI is InChI=1S/C19H21NO3S/c1-13-9-10-17(11-14(13)2)24(21,22)20(4)15(3)19-12-16-7-5-6-8-18(16)23-19/h5-12,15H,1-4H3. The molecule has 1 atom stereocenters. The molecule has 0 saturated carbocycles. The zero-order chi connectivity index (χ0) is 17.5. The number of hydrogen-bond acceptors (Lipinski definition) is 3. The van der Waals surface area contributed by atoms with E-state index in [1.807, 2.05) is 57.2 Å². The summed E-state index contributed by atoms with van der Waals surface area (Å²) in [7, 11) is -2.00. The molecule has 5 heteroatoms. The lowest BCUT2D eigenvalue weighted by molar-refractivity contribution is 0.348. The number of furan rings is 1. The Balaban J connectivity index is 1.96. The minimum Gasteiger partial charge on any atom is -0.459 e. The molecule has 0 amide bonds. The number of sulfonamides is 1. The largest absolute Gasteiger partial charge is 0.459 e. The van der Waals surface area contributed by atoms with Crippen LogP contribution in [-0.2, 0) is 10.0 Å². The molecule has 3 rings (SSSR count). The van der Waals surface area contributed by atoms with E-state index in [0.29, 0.717) is 10.7 Å². The Labute approximate surface area is 142 Å². The second-order valence-electron chi connectivity index (χ2n) is 6.13. The molecule has 1 unspecified atom stereocenters. The number of hydrogen-bond donors (Lipinski definition) is 0. The molecule has 24 heavy (non-hydrogen) atoms. The molecule has 3 aromatic rings. The van der Waals surface area contributed by atoms with Crippen molar-refractivity contribution in [1.82, 2.24) is 4.31 Å². The topological polar surface area (TPSA) is 50.5 Å². The van der Waals surface area contributed by atoms with Crippen LogP contribution in [0.15, 0.2) is 57.8 Å². The van der Waals surface area contributed by atoms with Crippen LogP contribution < -0.4 is 0 Å². The summed E-state index contributed by atoms with van der Waals surface area (Å²) in [5.74, 6) is 0.631. The first-order chi connectivity index (χ1) is 11.3. The van der Waals surface area contributed by atoms with Gasteiger partial charge in [-0.25, -0.2) is 8.42 Å². The molecule has 2 aromatic carbocycles. The Morgan fingerprint density at radius 3 is 2.38 bits per heavy atom. The van der Waals surface area contributed by atoms with Crippen molar-refractivity contribution in [3.05, 3.63) is 65.4 Å². The van der Waals surface area contributed by atoms with Gasteiger partial charge in [-0.05, 0) is 56.2 Å². The Morgan fingerprint density at radius 2 is 1.71 bits per heavy atom. The van der Waals surface area contributed by atoms with Crippen molar-refractivity contribution in [2.75, 3.05) is 7.05 Å². The van der Waals surface area contributed by atoms with Gasteiger partial charge in [0.05, 0.1) is 10.9 Å². The molecule has 1 aromatic heterocycles. The van der Waals surface area contributed by atoms with Gasteiger partial charge in [0.1, 0.15) is 11.3 Å². The second-order valence-corrected chi connectivity index (χ2v) is 8.13. The van der Waals surface area contributed by atoms with Gasteiger partial charge in [-0.15, -0.1) is 0 Å². The van der Waals surface area contributed by atoms with E-state index in [2.05, 4.69) is 0 Å². The third-order valence-electron chi connectivity index (χ3n) is 4.56. The highest BCUT2D eigenvalue weighted by Gasteiger charge is 2.28. The van der Waals surface area contributed by atoms with Crippen molar-refractivity contribution in [2.24, 2.45) is 0 Å². The van der Waals surface area contributed by atoms with Gasteiger partial charge in [0, 0.05) is 12.4 Å². The molecule has 0 saturated heterocycles. The molecule has 0 N–H and O–H groups in total. The predicted molar refractivity (Wildman–Crippen MR) is 95.5 cm³/mol. The summed E-state index contributed by atoms with van der Waals surface area (Å²) in [6, 6.07) is 14.4. The van der Waals surface area contributed by atoms with Crippen LogP contribution in [0.5, 0.6) is 0 Å². The van der Waals surface area contributed by atoms with Crippen LogP contribution >= 0.6 is 0 Å². The highest BCUT2D eigenvalue weighted by Crippen LogP contribution is 2.30. The molecule has 1 heterocycles. The summed E-state index contributed by atoms with van der Waals surface area (Å²) in [4.78, 5) is 0.302. The van der Waals surface area contributed by atoms with Gasteiger partial charge in [-0.2, -0.15) is 4.31 Å². The third-order valence-corrected chi connectivity index (χ3v) is 6.48. The summed E-state index contributed by atoms with van der Waals surface area (Å²) in [5.41, 5.74) is 2.79. The van der Waals surface area contributed by atoms with E-state index in [1.54, 1.807) is 19.2 Å². The monoisotopic (exact) mass is 343 g/mol. The van der Waals surface area contributed by atoms with E-state index < -0.39 is 16.1 Å². The molecule has 0 spiro atoms. The van der Waals surface area contributed by atoms with Crippen LogP contribution in [-0.4, -0.2) is 19.8 Å². The summed E-state index contributed by atoms with van der Waals surface area (Å²) in [5, 5.41) is 0.969. The normalized spacial score (nSPS) is 13.5. The van der Waals surface area contributed by atoms with Crippen molar-refractivity contribution in [1.29, 1.82) is 0 Å². The number of para-hydroxylation sites is 1. The lowest BCUT2D eigenvalue weighted by Gasteiger charge is -2.23. The molecule has 0 fully saturated rings. The first kappa shape index (κ1) is 16.7. The summed E-state index contributed by atoms with van der Waals surface area (Å²) >= 11 is 0. The fourth-order valence-corrected chi connectivity index (χ4v) is 4.05. The van der Waals surface area contributed by atoms with Crippen LogP contribution in [0, 0.1) is 13.8 Å². The third kappa shape index (κ3) is 2.85. The van der Waals surface area contributed by atoms with Crippen molar-refractivity contribution in [3.63, 3.8) is 0 Å². The van der Waals surface area contributed by atoms with Gasteiger partial charge in [0.25, 0.3) is 0 Å². The Morgan fingerprint density at radius 1 is 1.00 bits per heavy atom. The Hall–Kier alpha value is -2.11. The molecule has 126 valence electrons. The maximum Gasteiger partial charge on any atom is 0.243 e. The highest BCUT2D eigenvalue weighted by atomic mass is 32.2. The minimum absolute atomic E-state index is 0.302. The molecule has 0 radical (unpaired) electrons. The van der Waals surface area contributed by atoms with Gasteiger partial charge in [0.2, 0.25) is 10.0 Å². The molecular formula is C19H21NO3S. The number of nitrogens with zero attached hydrogens (tertiary/aromatic N) is 1. The molecular weight excluding hydrogens is 322 g/mol. The first-order valence-corrected chi connectivity index (χ1v) is 9.28. The molecule has 0 aliphatic heterocycles. The summed E-state index contributed by atoms with van der Waals surface area (Å²) in [6.07, 6.45) is 0. The average Bonchev–Trinajstić information content (AvgIpc) is 2.99. The van der Waals surface area contributed by atoms with Gasteiger partial charge < -0.3 is 4.42 Å². The second kappa shape index (κ2) is 6.07. The van der Waals surface area contributed by atoms with Crippen LogP contribution in [0.2, 0.25) is 0 Å². The molecule has 4 nitrogen and oxygen atoms in total. The number of rotatable bonds is 4. The lowest BCUT2D eigenvalue weighted by Crippen LogP contribution is -2.29. The maximum absolute atomic E-state index is 12.9. The predicted octanol–water partition coefficient (Wildman–Crippen LogP) is 4.43. The van der Waals surface area contributed by atoms with Crippen LogP contribution in [0.3, 0.4) is 0 Å². The zero-order valence-corrected chi connectivity index (χ0v) is 15.1. The van der Waals surface area contributed by atoms with Crippen molar-refractivity contribution < 1.29 is 12.8 Å². The molecule has 0 aliphatic rings.